The first-order valence-corrected chi connectivity index (χ1v) is 10.5. The summed E-state index contributed by atoms with van der Waals surface area (Å²) in [6.07, 6.45) is 1.79. The molecule has 0 aliphatic carbocycles. The highest BCUT2D eigenvalue weighted by atomic mass is 16.4. The third-order valence-electron chi connectivity index (χ3n) is 5.55. The van der Waals surface area contributed by atoms with Crippen LogP contribution in [0.2, 0.25) is 0 Å². The van der Waals surface area contributed by atoms with Crippen LogP contribution in [0.4, 0.5) is 0 Å². The summed E-state index contributed by atoms with van der Waals surface area (Å²) in [5, 5.41) is 24.1. The van der Waals surface area contributed by atoms with E-state index < -0.39 is 48.3 Å². The molecule has 10 nitrogen and oxygen atoms in total. The van der Waals surface area contributed by atoms with Gasteiger partial charge in [0, 0.05) is 29.9 Å². The number of rotatable bonds is 12. The Hall–Kier alpha value is -3.40. The van der Waals surface area contributed by atoms with E-state index in [1.54, 1.807) is 6.20 Å². The van der Waals surface area contributed by atoms with E-state index in [1.807, 2.05) is 38.1 Å². The molecule has 0 aliphatic rings. The second-order valence-corrected chi connectivity index (χ2v) is 7.87. The minimum absolute atomic E-state index is 0.0973. The van der Waals surface area contributed by atoms with Gasteiger partial charge >= 0.3 is 11.9 Å². The first-order valence-electron chi connectivity index (χ1n) is 10.5. The Morgan fingerprint density at radius 2 is 1.72 bits per heavy atom. The van der Waals surface area contributed by atoms with Crippen molar-refractivity contribution in [2.24, 2.45) is 11.7 Å². The summed E-state index contributed by atoms with van der Waals surface area (Å²) in [6, 6.07) is 4.12. The molecule has 1 aromatic carbocycles. The van der Waals surface area contributed by atoms with Gasteiger partial charge in [-0.1, -0.05) is 38.5 Å². The number of hydrogen-bond donors (Lipinski definition) is 6. The molecule has 0 saturated carbocycles. The summed E-state index contributed by atoms with van der Waals surface area (Å²) in [5.74, 6) is -3.88. The molecule has 2 amide bonds. The SMILES string of the molecule is CCC(C)C(N)C(=O)NC(Cc1c[nH]c2ccccc12)C(=O)NC(CCC(=O)O)C(=O)O. The van der Waals surface area contributed by atoms with Crippen LogP contribution in [0.25, 0.3) is 10.9 Å². The normalized spacial score (nSPS) is 14.8. The predicted octanol–water partition coefficient (Wildman–Crippen LogP) is 1.00. The highest BCUT2D eigenvalue weighted by Crippen LogP contribution is 2.19. The number of amides is 2. The maximum atomic E-state index is 13.0. The average molecular weight is 447 g/mol. The third kappa shape index (κ3) is 6.55. The van der Waals surface area contributed by atoms with Crippen LogP contribution >= 0.6 is 0 Å². The van der Waals surface area contributed by atoms with Crippen molar-refractivity contribution in [1.82, 2.24) is 15.6 Å². The van der Waals surface area contributed by atoms with Crippen LogP contribution in [0.3, 0.4) is 0 Å². The summed E-state index contributed by atoms with van der Waals surface area (Å²) >= 11 is 0. The fourth-order valence-corrected chi connectivity index (χ4v) is 3.31. The van der Waals surface area contributed by atoms with Gasteiger partial charge in [-0.2, -0.15) is 0 Å². The summed E-state index contributed by atoms with van der Waals surface area (Å²) in [5.41, 5.74) is 7.62. The minimum atomic E-state index is -1.40. The molecule has 0 radical (unpaired) electrons. The molecule has 4 atom stereocenters. The predicted molar refractivity (Wildman–Crippen MR) is 118 cm³/mol. The standard InChI is InChI=1S/C22H30N4O6/c1-3-12(2)19(23)21(30)26-17(10-13-11-24-15-7-5-4-6-14(13)15)20(29)25-16(22(31)32)8-9-18(27)28/h4-7,11-12,16-17,19,24H,3,8-10,23H2,1-2H3,(H,25,29)(H,26,30)(H,27,28)(H,31,32). The van der Waals surface area contributed by atoms with Crippen LogP contribution in [0, 0.1) is 5.92 Å². The number of nitrogens with two attached hydrogens (primary N) is 1. The zero-order valence-corrected chi connectivity index (χ0v) is 18.1. The average Bonchev–Trinajstić information content (AvgIpc) is 3.17. The van der Waals surface area contributed by atoms with Crippen molar-refractivity contribution in [2.75, 3.05) is 0 Å². The van der Waals surface area contributed by atoms with E-state index in [9.17, 15) is 24.3 Å². The molecular formula is C22H30N4O6. The van der Waals surface area contributed by atoms with Crippen molar-refractivity contribution in [3.05, 3.63) is 36.0 Å². The van der Waals surface area contributed by atoms with Crippen LogP contribution in [-0.4, -0.2) is 57.1 Å². The van der Waals surface area contributed by atoms with Crippen LogP contribution in [0.15, 0.2) is 30.5 Å². The molecule has 10 heteroatoms. The summed E-state index contributed by atoms with van der Waals surface area (Å²) in [7, 11) is 0. The molecule has 7 N–H and O–H groups in total. The number of aromatic nitrogens is 1. The number of carboxylic acid groups (broad SMARTS) is 2. The second-order valence-electron chi connectivity index (χ2n) is 7.87. The number of aromatic amines is 1. The number of fused-ring (bicyclic) bond motifs is 1. The number of aliphatic carboxylic acids is 2. The molecule has 1 aromatic heterocycles. The second kappa shape index (κ2) is 11.3. The maximum Gasteiger partial charge on any atom is 0.326 e. The number of H-pyrrole nitrogens is 1. The van der Waals surface area contributed by atoms with Gasteiger partial charge in [-0.15, -0.1) is 0 Å². The molecule has 1 heterocycles. The quantitative estimate of drug-likeness (QED) is 0.282. The first-order chi connectivity index (χ1) is 15.1. The van der Waals surface area contributed by atoms with Gasteiger partial charge < -0.3 is 31.6 Å². The van der Waals surface area contributed by atoms with E-state index in [2.05, 4.69) is 15.6 Å². The summed E-state index contributed by atoms with van der Waals surface area (Å²) in [6.45, 7) is 3.72. The first kappa shape index (κ1) is 24.9. The topological polar surface area (TPSA) is 175 Å². The van der Waals surface area contributed by atoms with Crippen LogP contribution in [-0.2, 0) is 25.6 Å². The molecule has 0 spiro atoms. The van der Waals surface area contributed by atoms with Gasteiger partial charge in [-0.25, -0.2) is 4.79 Å². The van der Waals surface area contributed by atoms with Crippen molar-refractivity contribution in [2.45, 2.75) is 57.7 Å². The molecule has 0 saturated heterocycles. The van der Waals surface area contributed by atoms with Gasteiger partial charge in [-0.3, -0.25) is 14.4 Å². The Morgan fingerprint density at radius 1 is 1.06 bits per heavy atom. The number of carboxylic acids is 2. The van der Waals surface area contributed by atoms with Crippen molar-refractivity contribution >= 4 is 34.7 Å². The zero-order chi connectivity index (χ0) is 23.8. The number of benzene rings is 1. The van der Waals surface area contributed by atoms with Gasteiger partial charge in [0.2, 0.25) is 11.8 Å². The summed E-state index contributed by atoms with van der Waals surface area (Å²) < 4.78 is 0. The zero-order valence-electron chi connectivity index (χ0n) is 18.1. The van der Waals surface area contributed by atoms with Crippen LogP contribution in [0.1, 0.15) is 38.7 Å². The van der Waals surface area contributed by atoms with Gasteiger partial charge in [0.05, 0.1) is 6.04 Å². The van der Waals surface area contributed by atoms with Gasteiger partial charge in [0.1, 0.15) is 12.1 Å². The lowest BCUT2D eigenvalue weighted by Crippen LogP contribution is -2.56. The van der Waals surface area contributed by atoms with Gasteiger partial charge in [0.15, 0.2) is 0 Å². The molecule has 4 unspecified atom stereocenters. The van der Waals surface area contributed by atoms with E-state index in [4.69, 9.17) is 10.8 Å². The number of hydrogen-bond acceptors (Lipinski definition) is 5. The molecule has 0 aliphatic heterocycles. The Labute approximate surface area is 185 Å². The third-order valence-corrected chi connectivity index (χ3v) is 5.55. The number of carbonyl (C=O) groups excluding carboxylic acids is 2. The molecule has 0 bridgehead atoms. The Balaban J connectivity index is 2.25. The van der Waals surface area contributed by atoms with Gasteiger partial charge in [-0.05, 0) is 24.0 Å². The Bertz CT molecular complexity index is 972. The Kier molecular flexibility index (Phi) is 8.77. The maximum absolute atomic E-state index is 13.0. The van der Waals surface area contributed by atoms with Crippen molar-refractivity contribution in [3.8, 4) is 0 Å². The largest absolute Gasteiger partial charge is 0.481 e. The van der Waals surface area contributed by atoms with Crippen LogP contribution < -0.4 is 16.4 Å². The van der Waals surface area contributed by atoms with E-state index in [1.165, 1.54) is 0 Å². The number of para-hydroxylation sites is 1. The lowest BCUT2D eigenvalue weighted by molar-refractivity contribution is -0.143. The minimum Gasteiger partial charge on any atom is -0.481 e. The monoisotopic (exact) mass is 446 g/mol. The fourth-order valence-electron chi connectivity index (χ4n) is 3.31. The van der Waals surface area contributed by atoms with Gasteiger partial charge in [0.25, 0.3) is 0 Å². The van der Waals surface area contributed by atoms with Crippen molar-refractivity contribution in [3.63, 3.8) is 0 Å². The van der Waals surface area contributed by atoms with Crippen LogP contribution in [0.5, 0.6) is 0 Å². The van der Waals surface area contributed by atoms with E-state index in [0.29, 0.717) is 6.42 Å². The van der Waals surface area contributed by atoms with E-state index >= 15 is 0 Å². The lowest BCUT2D eigenvalue weighted by atomic mass is 9.98. The Morgan fingerprint density at radius 3 is 2.34 bits per heavy atom. The molecule has 2 rings (SSSR count). The molecular weight excluding hydrogens is 416 g/mol. The molecule has 174 valence electrons. The smallest absolute Gasteiger partial charge is 0.326 e. The highest BCUT2D eigenvalue weighted by molar-refractivity contribution is 5.93. The van der Waals surface area contributed by atoms with Crippen molar-refractivity contribution in [1.29, 1.82) is 0 Å². The summed E-state index contributed by atoms with van der Waals surface area (Å²) in [4.78, 5) is 51.1. The fraction of sp³-hybridized carbons (Fsp3) is 0.455. The van der Waals surface area contributed by atoms with E-state index in [-0.39, 0.29) is 18.8 Å². The molecule has 32 heavy (non-hydrogen) atoms. The lowest BCUT2D eigenvalue weighted by Gasteiger charge is -2.24. The highest BCUT2D eigenvalue weighted by Gasteiger charge is 2.30. The van der Waals surface area contributed by atoms with Crippen molar-refractivity contribution < 1.29 is 29.4 Å². The molecule has 0 fully saturated rings. The number of nitrogens with one attached hydrogen (secondary N) is 3. The van der Waals surface area contributed by atoms with E-state index in [0.717, 1.165) is 16.5 Å². The molecule has 2 aromatic rings. The number of carbonyl (C=O) groups is 4.